The van der Waals surface area contributed by atoms with E-state index < -0.39 is 10.0 Å². The molecule has 0 aliphatic rings. The van der Waals surface area contributed by atoms with Gasteiger partial charge in [-0.25, -0.2) is 13.1 Å². The van der Waals surface area contributed by atoms with E-state index in [-0.39, 0.29) is 12.0 Å². The molecule has 0 fully saturated rings. The molecule has 1 unspecified atom stereocenters. The number of methoxy groups -OCH3 is 1. The average Bonchev–Trinajstić information content (AvgIpc) is 2.77. The number of ether oxygens (including phenoxy) is 1. The summed E-state index contributed by atoms with van der Waals surface area (Å²) >= 11 is 1.20. The molecule has 0 bridgehead atoms. The quantitative estimate of drug-likeness (QED) is 0.790. The Labute approximate surface area is 112 Å². The van der Waals surface area contributed by atoms with Crippen molar-refractivity contribution in [3.8, 4) is 0 Å². The van der Waals surface area contributed by atoms with Crippen LogP contribution in [0.4, 0.5) is 0 Å². The molecule has 5 nitrogen and oxygen atoms in total. The van der Waals surface area contributed by atoms with Crippen LogP contribution in [-0.2, 0) is 21.3 Å². The van der Waals surface area contributed by atoms with Gasteiger partial charge in [0, 0.05) is 24.6 Å². The van der Waals surface area contributed by atoms with E-state index in [1.54, 1.807) is 19.2 Å². The van der Waals surface area contributed by atoms with Crippen LogP contribution >= 0.6 is 11.3 Å². The third-order valence-electron chi connectivity index (χ3n) is 2.56. The zero-order chi connectivity index (χ0) is 13.8. The van der Waals surface area contributed by atoms with Gasteiger partial charge in [0.1, 0.15) is 4.21 Å². The summed E-state index contributed by atoms with van der Waals surface area (Å²) in [4.78, 5) is 0.850. The molecular formula is C11H20N2O3S2. The van der Waals surface area contributed by atoms with Gasteiger partial charge in [-0.1, -0.05) is 13.8 Å². The summed E-state index contributed by atoms with van der Waals surface area (Å²) in [5.74, 6) is 0.161. The zero-order valence-electron chi connectivity index (χ0n) is 10.8. The lowest BCUT2D eigenvalue weighted by atomic mass is 10.1. The number of rotatable bonds is 7. The summed E-state index contributed by atoms with van der Waals surface area (Å²) in [5.41, 5.74) is 5.48. The fourth-order valence-electron chi connectivity index (χ4n) is 1.41. The van der Waals surface area contributed by atoms with Crippen molar-refractivity contribution in [1.29, 1.82) is 0 Å². The second kappa shape index (κ2) is 6.63. The normalized spacial score (nSPS) is 14.1. The minimum absolute atomic E-state index is 0.161. The molecule has 0 amide bonds. The van der Waals surface area contributed by atoms with E-state index in [0.29, 0.717) is 17.4 Å². The van der Waals surface area contributed by atoms with Gasteiger partial charge in [-0.15, -0.1) is 11.3 Å². The van der Waals surface area contributed by atoms with Crippen LogP contribution in [0.3, 0.4) is 0 Å². The van der Waals surface area contributed by atoms with Gasteiger partial charge in [-0.2, -0.15) is 0 Å². The van der Waals surface area contributed by atoms with Gasteiger partial charge in [0.05, 0.1) is 6.61 Å². The first kappa shape index (κ1) is 15.6. The standard InChI is InChI=1S/C11H20N2O3S2/c1-8(2)10(7-16-3)13-18(14,15)11-5-4-9(6-12)17-11/h4-5,8,10,13H,6-7,12H2,1-3H3. The van der Waals surface area contributed by atoms with E-state index in [2.05, 4.69) is 4.72 Å². The fourth-order valence-corrected chi connectivity index (χ4v) is 4.03. The average molecular weight is 292 g/mol. The zero-order valence-corrected chi connectivity index (χ0v) is 12.5. The first-order chi connectivity index (χ1) is 8.40. The lowest BCUT2D eigenvalue weighted by molar-refractivity contribution is 0.157. The maximum Gasteiger partial charge on any atom is 0.250 e. The molecule has 1 aromatic heterocycles. The molecule has 0 spiro atoms. The van der Waals surface area contributed by atoms with Crippen molar-refractivity contribution >= 4 is 21.4 Å². The number of nitrogens with one attached hydrogen (secondary N) is 1. The molecule has 1 atom stereocenters. The summed E-state index contributed by atoms with van der Waals surface area (Å²) < 4.78 is 32.3. The summed E-state index contributed by atoms with van der Waals surface area (Å²) in [5, 5.41) is 0. The van der Waals surface area contributed by atoms with E-state index >= 15 is 0 Å². The van der Waals surface area contributed by atoms with Crippen LogP contribution in [0.1, 0.15) is 18.7 Å². The van der Waals surface area contributed by atoms with Crippen molar-refractivity contribution < 1.29 is 13.2 Å². The highest BCUT2D eigenvalue weighted by Gasteiger charge is 2.23. The topological polar surface area (TPSA) is 81.4 Å². The third-order valence-corrected chi connectivity index (χ3v) is 5.65. The van der Waals surface area contributed by atoms with Crippen LogP contribution < -0.4 is 10.5 Å². The van der Waals surface area contributed by atoms with Gasteiger partial charge < -0.3 is 10.5 Å². The number of sulfonamides is 1. The van der Waals surface area contributed by atoms with Crippen molar-refractivity contribution in [2.75, 3.05) is 13.7 Å². The molecular weight excluding hydrogens is 272 g/mol. The maximum atomic E-state index is 12.2. The fraction of sp³-hybridized carbons (Fsp3) is 0.636. The van der Waals surface area contributed by atoms with Crippen LogP contribution in [0.25, 0.3) is 0 Å². The highest BCUT2D eigenvalue weighted by Crippen LogP contribution is 2.21. The van der Waals surface area contributed by atoms with Gasteiger partial charge in [-0.05, 0) is 18.1 Å². The number of hydrogen-bond donors (Lipinski definition) is 2. The van der Waals surface area contributed by atoms with E-state index in [0.717, 1.165) is 4.88 Å². The van der Waals surface area contributed by atoms with Crippen molar-refractivity contribution in [3.63, 3.8) is 0 Å². The van der Waals surface area contributed by atoms with Crippen molar-refractivity contribution in [3.05, 3.63) is 17.0 Å². The second-order valence-corrected chi connectivity index (χ2v) is 7.46. The SMILES string of the molecule is COCC(NS(=O)(=O)c1ccc(CN)s1)C(C)C. The minimum atomic E-state index is -3.48. The smallest absolute Gasteiger partial charge is 0.250 e. The van der Waals surface area contributed by atoms with E-state index in [9.17, 15) is 8.42 Å². The molecule has 0 aromatic carbocycles. The highest BCUT2D eigenvalue weighted by molar-refractivity contribution is 7.91. The molecule has 0 saturated heterocycles. The Hall–Kier alpha value is -0.470. The molecule has 0 aliphatic carbocycles. The molecule has 0 aliphatic heterocycles. The van der Waals surface area contributed by atoms with E-state index in [4.69, 9.17) is 10.5 Å². The summed E-state index contributed by atoms with van der Waals surface area (Å²) in [6, 6.07) is 3.09. The summed E-state index contributed by atoms with van der Waals surface area (Å²) in [6.07, 6.45) is 0. The first-order valence-electron chi connectivity index (χ1n) is 5.70. The van der Waals surface area contributed by atoms with Crippen LogP contribution in [0, 0.1) is 5.92 Å². The second-order valence-electron chi connectivity index (χ2n) is 4.35. The molecule has 1 heterocycles. The number of nitrogens with two attached hydrogens (primary N) is 1. The van der Waals surface area contributed by atoms with Crippen molar-refractivity contribution in [2.24, 2.45) is 11.7 Å². The Kier molecular flexibility index (Phi) is 5.74. The summed E-state index contributed by atoms with van der Waals surface area (Å²) in [6.45, 7) is 4.61. The highest BCUT2D eigenvalue weighted by atomic mass is 32.2. The Morgan fingerprint density at radius 1 is 1.44 bits per heavy atom. The van der Waals surface area contributed by atoms with Gasteiger partial charge in [0.25, 0.3) is 0 Å². The number of hydrogen-bond acceptors (Lipinski definition) is 5. The van der Waals surface area contributed by atoms with Crippen LogP contribution in [-0.4, -0.2) is 28.2 Å². The van der Waals surface area contributed by atoms with Gasteiger partial charge in [-0.3, -0.25) is 0 Å². The van der Waals surface area contributed by atoms with Gasteiger partial charge in [0.15, 0.2) is 0 Å². The Balaban J connectivity index is 2.86. The Morgan fingerprint density at radius 2 is 2.11 bits per heavy atom. The molecule has 1 rings (SSSR count). The Bertz CT molecular complexity index is 468. The van der Waals surface area contributed by atoms with Crippen molar-refractivity contribution in [2.45, 2.75) is 30.6 Å². The molecule has 0 radical (unpaired) electrons. The van der Waals surface area contributed by atoms with Crippen LogP contribution in [0.5, 0.6) is 0 Å². The summed E-state index contributed by atoms with van der Waals surface area (Å²) in [7, 11) is -1.93. The van der Waals surface area contributed by atoms with Crippen molar-refractivity contribution in [1.82, 2.24) is 4.72 Å². The molecule has 0 saturated carbocycles. The first-order valence-corrected chi connectivity index (χ1v) is 8.00. The Morgan fingerprint density at radius 3 is 2.56 bits per heavy atom. The maximum absolute atomic E-state index is 12.2. The molecule has 104 valence electrons. The van der Waals surface area contributed by atoms with E-state index in [1.807, 2.05) is 13.8 Å². The molecule has 1 aromatic rings. The predicted molar refractivity (Wildman–Crippen MR) is 73.0 cm³/mol. The van der Waals surface area contributed by atoms with Gasteiger partial charge >= 0.3 is 0 Å². The monoisotopic (exact) mass is 292 g/mol. The molecule has 18 heavy (non-hydrogen) atoms. The third kappa shape index (κ3) is 4.03. The van der Waals surface area contributed by atoms with Crippen LogP contribution in [0.2, 0.25) is 0 Å². The molecule has 7 heteroatoms. The molecule has 3 N–H and O–H groups in total. The largest absolute Gasteiger partial charge is 0.383 e. The predicted octanol–water partition coefficient (Wildman–Crippen LogP) is 1.16. The lowest BCUT2D eigenvalue weighted by Gasteiger charge is -2.20. The lowest BCUT2D eigenvalue weighted by Crippen LogP contribution is -2.41. The van der Waals surface area contributed by atoms with Crippen LogP contribution in [0.15, 0.2) is 16.3 Å². The van der Waals surface area contributed by atoms with E-state index in [1.165, 1.54) is 11.3 Å². The minimum Gasteiger partial charge on any atom is -0.383 e. The number of thiophene rings is 1. The van der Waals surface area contributed by atoms with Gasteiger partial charge in [0.2, 0.25) is 10.0 Å².